The maximum absolute atomic E-state index is 13.0. The molecule has 0 radical (unpaired) electrons. The molecule has 2 aromatic carbocycles. The predicted octanol–water partition coefficient (Wildman–Crippen LogP) is 4.12. The summed E-state index contributed by atoms with van der Waals surface area (Å²) in [5.41, 5.74) is 2.34. The van der Waals surface area contributed by atoms with Gasteiger partial charge in [-0.05, 0) is 57.5 Å². The van der Waals surface area contributed by atoms with E-state index in [0.29, 0.717) is 58.5 Å². The molecule has 11 heteroatoms. The number of carbonyl (C=O) groups excluding carboxylic acids is 2. The van der Waals surface area contributed by atoms with E-state index >= 15 is 0 Å². The molecule has 0 amide bonds. The van der Waals surface area contributed by atoms with Gasteiger partial charge in [-0.25, -0.2) is 9.59 Å². The second-order valence-electron chi connectivity index (χ2n) is 9.43. The van der Waals surface area contributed by atoms with Crippen LogP contribution in [0.25, 0.3) is 0 Å². The SMILES string of the molecule is CCOC(=O)C1=C(C)NC(C)=C(C(=O)OCC)C1c1ccc(OC[C@H](O)CNCCOc2ccccc2OC)c(Cl)c1. The van der Waals surface area contributed by atoms with E-state index in [1.807, 2.05) is 24.3 Å². The second-order valence-corrected chi connectivity index (χ2v) is 9.84. The topological polar surface area (TPSA) is 125 Å². The van der Waals surface area contributed by atoms with Crippen molar-refractivity contribution >= 4 is 23.5 Å². The van der Waals surface area contributed by atoms with Crippen LogP contribution >= 0.6 is 11.6 Å². The number of benzene rings is 2. The quantitative estimate of drug-likeness (QED) is 0.203. The van der Waals surface area contributed by atoms with Crippen molar-refractivity contribution in [3.8, 4) is 17.2 Å². The molecule has 42 heavy (non-hydrogen) atoms. The third-order valence-electron chi connectivity index (χ3n) is 6.46. The van der Waals surface area contributed by atoms with Crippen LogP contribution in [-0.2, 0) is 19.1 Å². The Balaban J connectivity index is 1.64. The number of hydrogen-bond donors (Lipinski definition) is 3. The average Bonchev–Trinajstić information content (AvgIpc) is 2.96. The first kappa shape index (κ1) is 32.8. The van der Waals surface area contributed by atoms with Crippen LogP contribution < -0.4 is 24.8 Å². The van der Waals surface area contributed by atoms with Crippen molar-refractivity contribution in [2.75, 3.05) is 46.6 Å². The molecule has 0 saturated carbocycles. The van der Waals surface area contributed by atoms with E-state index in [4.69, 9.17) is 35.3 Å². The van der Waals surface area contributed by atoms with E-state index < -0.39 is 24.0 Å². The van der Waals surface area contributed by atoms with Gasteiger partial charge in [0.05, 0.1) is 42.4 Å². The van der Waals surface area contributed by atoms with Crippen LogP contribution in [0, 0.1) is 0 Å². The third-order valence-corrected chi connectivity index (χ3v) is 6.75. The van der Waals surface area contributed by atoms with Crippen molar-refractivity contribution in [3.05, 3.63) is 75.6 Å². The Hall–Kier alpha value is -3.73. The number of aliphatic hydroxyl groups is 1. The smallest absolute Gasteiger partial charge is 0.336 e. The second kappa shape index (κ2) is 16.1. The summed E-state index contributed by atoms with van der Waals surface area (Å²) >= 11 is 6.58. The molecule has 0 unspecified atom stereocenters. The lowest BCUT2D eigenvalue weighted by molar-refractivity contribution is -0.139. The molecule has 10 nitrogen and oxygen atoms in total. The Bertz CT molecular complexity index is 1270. The lowest BCUT2D eigenvalue weighted by Gasteiger charge is -2.30. The molecule has 0 fully saturated rings. The average molecular weight is 603 g/mol. The number of hydrogen-bond acceptors (Lipinski definition) is 10. The highest BCUT2D eigenvalue weighted by molar-refractivity contribution is 6.32. The van der Waals surface area contributed by atoms with Crippen LogP contribution in [0.15, 0.2) is 65.0 Å². The first-order valence-electron chi connectivity index (χ1n) is 13.8. The van der Waals surface area contributed by atoms with E-state index in [0.717, 1.165) is 0 Å². The minimum absolute atomic E-state index is 0.00699. The first-order chi connectivity index (χ1) is 20.2. The van der Waals surface area contributed by atoms with Gasteiger partial charge in [0.25, 0.3) is 0 Å². The fraction of sp³-hybridized carbons (Fsp3) is 0.419. The number of rotatable bonds is 15. The van der Waals surface area contributed by atoms with Crippen LogP contribution in [0.1, 0.15) is 39.2 Å². The van der Waals surface area contributed by atoms with Crippen molar-refractivity contribution in [1.82, 2.24) is 10.6 Å². The third kappa shape index (κ3) is 8.40. The summed E-state index contributed by atoms with van der Waals surface area (Å²) in [6.07, 6.45) is -0.807. The number of methoxy groups -OCH3 is 1. The molecular formula is C31H39ClN2O8. The summed E-state index contributed by atoms with van der Waals surface area (Å²) in [4.78, 5) is 26.0. The molecule has 0 bridgehead atoms. The normalized spacial score (nSPS) is 14.3. The molecule has 0 aromatic heterocycles. The minimum Gasteiger partial charge on any atom is -0.493 e. The summed E-state index contributed by atoms with van der Waals surface area (Å²) in [5, 5.41) is 16.9. The molecule has 228 valence electrons. The minimum atomic E-state index is -0.807. The molecular weight excluding hydrogens is 564 g/mol. The van der Waals surface area contributed by atoms with Gasteiger partial charge in [-0.15, -0.1) is 0 Å². The van der Waals surface area contributed by atoms with E-state index in [9.17, 15) is 14.7 Å². The Labute approximate surface area is 251 Å². The molecule has 0 aliphatic carbocycles. The van der Waals surface area contributed by atoms with Crippen molar-refractivity contribution in [3.63, 3.8) is 0 Å². The van der Waals surface area contributed by atoms with Crippen molar-refractivity contribution in [1.29, 1.82) is 0 Å². The van der Waals surface area contributed by atoms with Gasteiger partial charge in [-0.3, -0.25) is 0 Å². The lowest BCUT2D eigenvalue weighted by Crippen LogP contribution is -2.33. The number of nitrogens with one attached hydrogen (secondary N) is 2. The van der Waals surface area contributed by atoms with Gasteiger partial charge in [0.1, 0.15) is 25.1 Å². The van der Waals surface area contributed by atoms with Gasteiger partial charge >= 0.3 is 11.9 Å². The molecule has 0 spiro atoms. The maximum Gasteiger partial charge on any atom is 0.336 e. The van der Waals surface area contributed by atoms with E-state index in [1.165, 1.54) is 0 Å². The largest absolute Gasteiger partial charge is 0.493 e. The fourth-order valence-corrected chi connectivity index (χ4v) is 4.83. The molecule has 1 aliphatic heterocycles. The van der Waals surface area contributed by atoms with Gasteiger partial charge < -0.3 is 39.4 Å². The Morgan fingerprint density at radius 2 is 1.57 bits per heavy atom. The number of allylic oxidation sites excluding steroid dienone is 2. The molecule has 1 atom stereocenters. The molecule has 1 aliphatic rings. The van der Waals surface area contributed by atoms with Gasteiger partial charge in [-0.2, -0.15) is 0 Å². The van der Waals surface area contributed by atoms with Crippen LogP contribution in [0.3, 0.4) is 0 Å². The molecule has 2 aromatic rings. The molecule has 3 N–H and O–H groups in total. The highest BCUT2D eigenvalue weighted by Gasteiger charge is 2.38. The highest BCUT2D eigenvalue weighted by Crippen LogP contribution is 2.41. The monoisotopic (exact) mass is 602 g/mol. The van der Waals surface area contributed by atoms with Crippen molar-refractivity contribution in [2.45, 2.75) is 39.7 Å². The molecule has 1 heterocycles. The van der Waals surface area contributed by atoms with Crippen molar-refractivity contribution < 1.29 is 38.4 Å². The zero-order chi connectivity index (χ0) is 30.6. The van der Waals surface area contributed by atoms with Crippen LogP contribution in [-0.4, -0.2) is 69.8 Å². The summed E-state index contributed by atoms with van der Waals surface area (Å²) in [6, 6.07) is 12.4. The number of halogens is 1. The van der Waals surface area contributed by atoms with Gasteiger partial charge in [0, 0.05) is 24.5 Å². The number of aliphatic hydroxyl groups excluding tert-OH is 1. The number of carbonyl (C=O) groups is 2. The Morgan fingerprint density at radius 3 is 2.14 bits per heavy atom. The van der Waals surface area contributed by atoms with Crippen molar-refractivity contribution in [2.24, 2.45) is 0 Å². The first-order valence-corrected chi connectivity index (χ1v) is 14.2. The number of ether oxygens (including phenoxy) is 5. The standard InChI is InChI=1S/C31H39ClN2O8/c1-6-39-30(36)27-19(3)34-20(4)28(31(37)40-7-2)29(27)21-12-13-24(23(32)16-21)42-18-22(35)17-33-14-15-41-26-11-9-8-10-25(26)38-5/h8-13,16,22,29,33-35H,6-7,14-15,17-18H2,1-5H3/t22-/m1/s1. The number of para-hydroxylation sites is 2. The molecule has 3 rings (SSSR count). The Kier molecular flexibility index (Phi) is 12.5. The van der Waals surface area contributed by atoms with E-state index in [-0.39, 0.29) is 31.4 Å². The zero-order valence-corrected chi connectivity index (χ0v) is 25.4. The summed E-state index contributed by atoms with van der Waals surface area (Å²) in [6.45, 7) is 8.47. The molecule has 0 saturated heterocycles. The highest BCUT2D eigenvalue weighted by atomic mass is 35.5. The fourth-order valence-electron chi connectivity index (χ4n) is 4.58. The van der Waals surface area contributed by atoms with Gasteiger partial charge in [0.15, 0.2) is 11.5 Å². The predicted molar refractivity (Wildman–Crippen MR) is 159 cm³/mol. The Morgan fingerprint density at radius 1 is 0.952 bits per heavy atom. The number of dihydropyridines is 1. The van der Waals surface area contributed by atoms with Gasteiger partial charge in [0.2, 0.25) is 0 Å². The van der Waals surface area contributed by atoms with Gasteiger partial charge in [-0.1, -0.05) is 29.8 Å². The summed E-state index contributed by atoms with van der Waals surface area (Å²) in [5.74, 6) is -0.188. The van der Waals surface area contributed by atoms with E-state index in [2.05, 4.69) is 10.6 Å². The summed E-state index contributed by atoms with van der Waals surface area (Å²) < 4.78 is 27.4. The van der Waals surface area contributed by atoms with E-state index in [1.54, 1.807) is 53.0 Å². The maximum atomic E-state index is 13.0. The van der Waals surface area contributed by atoms with Crippen LogP contribution in [0.2, 0.25) is 5.02 Å². The number of esters is 2. The van der Waals surface area contributed by atoms with Crippen LogP contribution in [0.5, 0.6) is 17.2 Å². The zero-order valence-electron chi connectivity index (χ0n) is 24.6. The lowest BCUT2D eigenvalue weighted by atomic mass is 9.80. The van der Waals surface area contributed by atoms with Crippen LogP contribution in [0.4, 0.5) is 0 Å². The summed E-state index contributed by atoms with van der Waals surface area (Å²) in [7, 11) is 1.58.